The van der Waals surface area contributed by atoms with Crippen molar-refractivity contribution in [3.8, 4) is 5.75 Å². The molecule has 2 aromatic rings. The Balaban J connectivity index is 2.39. The summed E-state index contributed by atoms with van der Waals surface area (Å²) in [6.45, 7) is 4.32. The number of hydrogen-bond donors (Lipinski definition) is 1. The van der Waals surface area contributed by atoms with E-state index in [1.165, 1.54) is 34.9 Å². The molecule has 0 saturated heterocycles. The van der Waals surface area contributed by atoms with E-state index >= 15 is 0 Å². The summed E-state index contributed by atoms with van der Waals surface area (Å²) in [6, 6.07) is 6.14. The maximum atomic E-state index is 12.6. The Hall–Kier alpha value is -1.90. The van der Waals surface area contributed by atoms with Gasteiger partial charge >= 0.3 is 0 Å². The van der Waals surface area contributed by atoms with Crippen LogP contribution in [0.15, 0.2) is 39.9 Å². The average Bonchev–Trinajstić information content (AvgIpc) is 3.10. The number of hydrogen-bond acceptors (Lipinski definition) is 5. The summed E-state index contributed by atoms with van der Waals surface area (Å²) in [4.78, 5) is 12.3. The van der Waals surface area contributed by atoms with E-state index in [9.17, 15) is 13.2 Å². The summed E-state index contributed by atoms with van der Waals surface area (Å²) in [6.07, 6.45) is 0. The lowest BCUT2D eigenvalue weighted by Gasteiger charge is -2.19. The molecule has 0 spiro atoms. The first-order valence-corrected chi connectivity index (χ1v) is 9.84. The monoisotopic (exact) mass is 368 g/mol. The predicted molar refractivity (Wildman–Crippen MR) is 95.4 cm³/mol. The Bertz CT molecular complexity index is 797. The van der Waals surface area contributed by atoms with Gasteiger partial charge in [0.05, 0.1) is 23.3 Å². The highest BCUT2D eigenvalue weighted by Gasteiger charge is 2.23. The van der Waals surface area contributed by atoms with Gasteiger partial charge in [-0.25, -0.2) is 8.42 Å². The number of amides is 1. The molecule has 1 amide bonds. The van der Waals surface area contributed by atoms with Gasteiger partial charge in [-0.15, -0.1) is 0 Å². The van der Waals surface area contributed by atoms with Gasteiger partial charge in [0.25, 0.3) is 5.91 Å². The van der Waals surface area contributed by atoms with Gasteiger partial charge in [-0.3, -0.25) is 4.79 Å². The minimum Gasteiger partial charge on any atom is -0.495 e. The van der Waals surface area contributed by atoms with Crippen LogP contribution in [0.25, 0.3) is 0 Å². The molecule has 0 aliphatic rings. The number of carbonyl (C=O) groups is 1. The molecule has 0 radical (unpaired) electrons. The molecule has 1 aromatic heterocycles. The van der Waals surface area contributed by atoms with E-state index in [1.54, 1.807) is 36.7 Å². The van der Waals surface area contributed by atoms with Crippen molar-refractivity contribution in [1.82, 2.24) is 4.31 Å². The number of rotatable bonds is 7. The van der Waals surface area contributed by atoms with Crippen molar-refractivity contribution in [1.29, 1.82) is 0 Å². The number of carbonyl (C=O) groups excluding carboxylic acids is 1. The van der Waals surface area contributed by atoms with Crippen LogP contribution in [0.5, 0.6) is 5.75 Å². The van der Waals surface area contributed by atoms with E-state index in [4.69, 9.17) is 4.74 Å². The number of sulfonamides is 1. The fraction of sp³-hybridized carbons (Fsp3) is 0.312. The molecule has 0 aliphatic carbocycles. The maximum Gasteiger partial charge on any atom is 0.256 e. The third kappa shape index (κ3) is 3.77. The zero-order valence-electron chi connectivity index (χ0n) is 13.8. The molecule has 1 N–H and O–H groups in total. The molecule has 24 heavy (non-hydrogen) atoms. The summed E-state index contributed by atoms with van der Waals surface area (Å²) in [5.74, 6) is 0.0870. The first-order chi connectivity index (χ1) is 11.4. The van der Waals surface area contributed by atoms with Crippen molar-refractivity contribution in [2.45, 2.75) is 18.7 Å². The largest absolute Gasteiger partial charge is 0.495 e. The van der Waals surface area contributed by atoms with Gasteiger partial charge in [-0.2, -0.15) is 15.6 Å². The smallest absolute Gasteiger partial charge is 0.256 e. The van der Waals surface area contributed by atoms with Crippen LogP contribution in [0.2, 0.25) is 0 Å². The standard InChI is InChI=1S/C16H20N2O4S2/c1-4-18(5-2)24(20,21)13-6-7-15(22-3)14(10-13)17-16(19)12-8-9-23-11-12/h6-11H,4-5H2,1-3H3,(H,17,19). The van der Waals surface area contributed by atoms with Gasteiger partial charge in [0, 0.05) is 18.5 Å². The highest BCUT2D eigenvalue weighted by molar-refractivity contribution is 7.89. The number of methoxy groups -OCH3 is 1. The SMILES string of the molecule is CCN(CC)S(=O)(=O)c1ccc(OC)c(NC(=O)c2ccsc2)c1. The van der Waals surface area contributed by atoms with Crippen LogP contribution in [-0.2, 0) is 10.0 Å². The zero-order chi connectivity index (χ0) is 17.7. The second-order valence-electron chi connectivity index (χ2n) is 4.92. The summed E-state index contributed by atoms with van der Waals surface area (Å²) < 4.78 is 31.9. The van der Waals surface area contributed by atoms with Crippen LogP contribution in [0.4, 0.5) is 5.69 Å². The number of thiophene rings is 1. The fourth-order valence-corrected chi connectivity index (χ4v) is 4.37. The summed E-state index contributed by atoms with van der Waals surface area (Å²) in [7, 11) is -2.14. The lowest BCUT2D eigenvalue weighted by Crippen LogP contribution is -2.30. The summed E-state index contributed by atoms with van der Waals surface area (Å²) >= 11 is 1.41. The van der Waals surface area contributed by atoms with E-state index in [-0.39, 0.29) is 10.8 Å². The molecule has 1 aromatic carbocycles. The molecule has 8 heteroatoms. The minimum atomic E-state index is -3.61. The van der Waals surface area contributed by atoms with Crippen LogP contribution in [0, 0.1) is 0 Å². The molecule has 0 aliphatic heterocycles. The molecular weight excluding hydrogens is 348 g/mol. The van der Waals surface area contributed by atoms with Crippen molar-refractivity contribution < 1.29 is 17.9 Å². The van der Waals surface area contributed by atoms with Gasteiger partial charge in [-0.05, 0) is 29.6 Å². The Morgan fingerprint density at radius 3 is 2.50 bits per heavy atom. The van der Waals surface area contributed by atoms with Crippen LogP contribution >= 0.6 is 11.3 Å². The van der Waals surface area contributed by atoms with Gasteiger partial charge in [0.15, 0.2) is 0 Å². The fourth-order valence-electron chi connectivity index (χ4n) is 2.25. The molecule has 0 fully saturated rings. The minimum absolute atomic E-state index is 0.118. The van der Waals surface area contributed by atoms with E-state index < -0.39 is 10.0 Å². The Labute approximate surface area is 146 Å². The first-order valence-electron chi connectivity index (χ1n) is 7.45. The molecule has 0 unspecified atom stereocenters. The van der Waals surface area contributed by atoms with Crippen molar-refractivity contribution in [3.05, 3.63) is 40.6 Å². The normalized spacial score (nSPS) is 11.5. The number of benzene rings is 1. The second kappa shape index (κ2) is 7.78. The number of ether oxygens (including phenoxy) is 1. The van der Waals surface area contributed by atoms with E-state index in [0.29, 0.717) is 30.1 Å². The predicted octanol–water partition coefficient (Wildman–Crippen LogP) is 3.04. The van der Waals surface area contributed by atoms with E-state index in [2.05, 4.69) is 5.32 Å². The topological polar surface area (TPSA) is 75.7 Å². The van der Waals surface area contributed by atoms with Gasteiger partial charge in [0.2, 0.25) is 10.0 Å². The average molecular weight is 368 g/mol. The van der Waals surface area contributed by atoms with Crippen LogP contribution in [0.1, 0.15) is 24.2 Å². The number of nitrogens with one attached hydrogen (secondary N) is 1. The third-order valence-electron chi connectivity index (χ3n) is 3.55. The molecule has 130 valence electrons. The molecule has 0 bridgehead atoms. The highest BCUT2D eigenvalue weighted by atomic mass is 32.2. The zero-order valence-corrected chi connectivity index (χ0v) is 15.4. The second-order valence-corrected chi connectivity index (χ2v) is 7.64. The van der Waals surface area contributed by atoms with Crippen LogP contribution in [0.3, 0.4) is 0 Å². The maximum absolute atomic E-state index is 12.6. The summed E-state index contributed by atoms with van der Waals surface area (Å²) in [5, 5.41) is 6.23. The highest BCUT2D eigenvalue weighted by Crippen LogP contribution is 2.29. The van der Waals surface area contributed by atoms with Crippen molar-refractivity contribution >= 4 is 33.0 Å². The van der Waals surface area contributed by atoms with Crippen LogP contribution in [-0.4, -0.2) is 38.8 Å². The molecular formula is C16H20N2O4S2. The van der Waals surface area contributed by atoms with Gasteiger partial charge < -0.3 is 10.1 Å². The Kier molecular flexibility index (Phi) is 5.98. The van der Waals surface area contributed by atoms with Crippen molar-refractivity contribution in [2.24, 2.45) is 0 Å². The molecule has 2 rings (SSSR count). The molecule has 1 heterocycles. The van der Waals surface area contributed by atoms with E-state index in [0.717, 1.165) is 0 Å². The summed E-state index contributed by atoms with van der Waals surface area (Å²) in [5.41, 5.74) is 0.834. The Morgan fingerprint density at radius 2 is 1.96 bits per heavy atom. The number of nitrogens with zero attached hydrogens (tertiary/aromatic N) is 1. The molecule has 6 nitrogen and oxygen atoms in total. The molecule has 0 atom stereocenters. The number of anilines is 1. The van der Waals surface area contributed by atoms with E-state index in [1.807, 2.05) is 0 Å². The van der Waals surface area contributed by atoms with Gasteiger partial charge in [-0.1, -0.05) is 13.8 Å². The lowest BCUT2D eigenvalue weighted by atomic mass is 10.2. The third-order valence-corrected chi connectivity index (χ3v) is 6.27. The lowest BCUT2D eigenvalue weighted by molar-refractivity contribution is 0.102. The molecule has 0 saturated carbocycles. The van der Waals surface area contributed by atoms with Crippen LogP contribution < -0.4 is 10.1 Å². The first kappa shape index (κ1) is 18.4. The van der Waals surface area contributed by atoms with Crippen molar-refractivity contribution in [2.75, 3.05) is 25.5 Å². The van der Waals surface area contributed by atoms with Crippen molar-refractivity contribution in [3.63, 3.8) is 0 Å². The quantitative estimate of drug-likeness (QED) is 0.815. The van der Waals surface area contributed by atoms with Gasteiger partial charge in [0.1, 0.15) is 5.75 Å². The Morgan fingerprint density at radius 1 is 1.25 bits per heavy atom.